The van der Waals surface area contributed by atoms with Gasteiger partial charge in [0.1, 0.15) is 5.75 Å². The van der Waals surface area contributed by atoms with Gasteiger partial charge in [0.15, 0.2) is 5.11 Å². The van der Waals surface area contributed by atoms with Crippen LogP contribution in [0.2, 0.25) is 5.02 Å². The number of nitrogens with zero attached hydrogens (tertiary/aromatic N) is 3. The van der Waals surface area contributed by atoms with Crippen LogP contribution in [0.3, 0.4) is 0 Å². The molecule has 0 unspecified atom stereocenters. The number of halogens is 1. The maximum atomic E-state index is 11.9. The molecule has 5 rings (SSSR count). The lowest BCUT2D eigenvalue weighted by Gasteiger charge is -2.29. The first-order valence-corrected chi connectivity index (χ1v) is 15.3. The Balaban J connectivity index is 1.68. The molecule has 2 aromatic heterocycles. The Labute approximate surface area is 245 Å². The number of aromatic nitrogens is 2. The van der Waals surface area contributed by atoms with Gasteiger partial charge in [0, 0.05) is 40.0 Å². The molecule has 0 saturated carbocycles. The van der Waals surface area contributed by atoms with Crippen molar-refractivity contribution in [1.29, 1.82) is 0 Å². The molecule has 40 heavy (non-hydrogen) atoms. The van der Waals surface area contributed by atoms with Crippen LogP contribution in [0.15, 0.2) is 66.9 Å². The number of hydrogen-bond acceptors (Lipinski definition) is 5. The number of thiocarbonyl (C=S) groups is 1. The number of ether oxygens (including phenoxy) is 1. The highest BCUT2D eigenvalue weighted by Crippen LogP contribution is 2.45. The highest BCUT2D eigenvalue weighted by atomic mass is 35.5. The molecule has 1 aliphatic rings. The Kier molecular flexibility index (Phi) is 7.52. The Hall–Kier alpha value is -3.60. The fourth-order valence-electron chi connectivity index (χ4n) is 5.36. The second-order valence-electron chi connectivity index (χ2n) is 9.80. The molecule has 4 aromatic rings. The Morgan fingerprint density at radius 1 is 1.07 bits per heavy atom. The molecule has 2 N–H and O–H groups in total. The number of aryl methyl sites for hydroxylation is 1. The number of benzene rings is 2. The SMILES string of the molecule is COc1cc(N2C(=S)N[C@H](c3ccccn3)[C@@H]2c2cc(C)n(-c3cccc(Cl)c3C)c2C)ccc1NS(C)(=O)=O. The lowest BCUT2D eigenvalue weighted by Crippen LogP contribution is -2.29. The zero-order chi connectivity index (χ0) is 28.8. The van der Waals surface area contributed by atoms with E-state index in [1.165, 1.54) is 7.11 Å². The summed E-state index contributed by atoms with van der Waals surface area (Å²) in [6, 6.07) is 18.7. The van der Waals surface area contributed by atoms with Crippen molar-refractivity contribution in [2.45, 2.75) is 32.9 Å². The molecule has 11 heteroatoms. The molecule has 8 nitrogen and oxygen atoms in total. The van der Waals surface area contributed by atoms with E-state index in [4.69, 9.17) is 28.6 Å². The minimum Gasteiger partial charge on any atom is -0.494 e. The summed E-state index contributed by atoms with van der Waals surface area (Å²) in [6.07, 6.45) is 2.87. The lowest BCUT2D eigenvalue weighted by molar-refractivity contribution is 0.417. The number of pyridine rings is 1. The standard InChI is InChI=1S/C29H30ClN5O3S2/c1-17-15-21(19(3)34(17)25-11-8-9-22(30)18(25)2)28-27(24-10-6-7-14-31-24)32-29(39)35(28)20-12-13-23(26(16-20)38-4)33-40(5,36)37/h6-16,27-28,33H,1-5H3,(H,32,39)/t27-,28+/m1/s1. The van der Waals surface area contributed by atoms with Crippen LogP contribution >= 0.6 is 23.8 Å². The van der Waals surface area contributed by atoms with Crippen LogP contribution in [-0.4, -0.2) is 36.4 Å². The molecule has 0 bridgehead atoms. The molecule has 208 valence electrons. The Bertz CT molecular complexity index is 1710. The first-order chi connectivity index (χ1) is 19.0. The van der Waals surface area contributed by atoms with Gasteiger partial charge in [0.2, 0.25) is 10.0 Å². The van der Waals surface area contributed by atoms with E-state index in [9.17, 15) is 8.42 Å². The monoisotopic (exact) mass is 595 g/mol. The number of anilines is 2. The largest absolute Gasteiger partial charge is 0.494 e. The van der Waals surface area contributed by atoms with Crippen molar-refractivity contribution < 1.29 is 13.2 Å². The summed E-state index contributed by atoms with van der Waals surface area (Å²) in [4.78, 5) is 6.70. The van der Waals surface area contributed by atoms with Gasteiger partial charge in [-0.15, -0.1) is 0 Å². The molecule has 1 aliphatic heterocycles. The van der Waals surface area contributed by atoms with Crippen LogP contribution in [-0.2, 0) is 10.0 Å². The van der Waals surface area contributed by atoms with Crippen LogP contribution < -0.4 is 19.7 Å². The average Bonchev–Trinajstić information content (AvgIpc) is 3.40. The second kappa shape index (κ2) is 10.8. The second-order valence-corrected chi connectivity index (χ2v) is 12.3. The minimum atomic E-state index is -3.49. The van der Waals surface area contributed by atoms with E-state index in [-0.39, 0.29) is 12.1 Å². The van der Waals surface area contributed by atoms with Crippen LogP contribution in [0, 0.1) is 20.8 Å². The van der Waals surface area contributed by atoms with Gasteiger partial charge in [-0.2, -0.15) is 0 Å². The van der Waals surface area contributed by atoms with Crippen molar-refractivity contribution in [2.75, 3.05) is 23.0 Å². The zero-order valence-electron chi connectivity index (χ0n) is 22.8. The lowest BCUT2D eigenvalue weighted by atomic mass is 9.96. The van der Waals surface area contributed by atoms with E-state index in [0.29, 0.717) is 21.6 Å². The van der Waals surface area contributed by atoms with E-state index in [0.717, 1.165) is 45.8 Å². The molecular weight excluding hydrogens is 566 g/mol. The highest BCUT2D eigenvalue weighted by Gasteiger charge is 2.42. The van der Waals surface area contributed by atoms with Gasteiger partial charge >= 0.3 is 0 Å². The van der Waals surface area contributed by atoms with E-state index >= 15 is 0 Å². The van der Waals surface area contributed by atoms with Gasteiger partial charge in [-0.25, -0.2) is 8.42 Å². The molecule has 0 aliphatic carbocycles. The average molecular weight is 596 g/mol. The third-order valence-electron chi connectivity index (χ3n) is 7.13. The number of hydrogen-bond donors (Lipinski definition) is 2. The maximum absolute atomic E-state index is 11.9. The first kappa shape index (κ1) is 27.9. The van der Waals surface area contributed by atoms with Crippen LogP contribution in [0.4, 0.5) is 11.4 Å². The third-order valence-corrected chi connectivity index (χ3v) is 8.44. The summed E-state index contributed by atoms with van der Waals surface area (Å²) in [5.74, 6) is 0.380. The van der Waals surface area contributed by atoms with Gasteiger partial charge < -0.3 is 19.5 Å². The molecular formula is C29H30ClN5O3S2. The quantitative estimate of drug-likeness (QED) is 0.253. The summed E-state index contributed by atoms with van der Waals surface area (Å²) in [5.41, 5.74) is 7.13. The van der Waals surface area contributed by atoms with Gasteiger partial charge in [-0.3, -0.25) is 9.71 Å². The number of sulfonamides is 1. The van der Waals surface area contributed by atoms with Gasteiger partial charge in [0.25, 0.3) is 0 Å². The van der Waals surface area contributed by atoms with Crippen LogP contribution in [0.5, 0.6) is 5.75 Å². The van der Waals surface area contributed by atoms with E-state index in [2.05, 4.69) is 45.6 Å². The smallest absolute Gasteiger partial charge is 0.229 e. The van der Waals surface area contributed by atoms with Crippen molar-refractivity contribution in [3.8, 4) is 11.4 Å². The molecule has 0 amide bonds. The zero-order valence-corrected chi connectivity index (χ0v) is 25.2. The topological polar surface area (TPSA) is 88.5 Å². The Morgan fingerprint density at radius 2 is 1.85 bits per heavy atom. The summed E-state index contributed by atoms with van der Waals surface area (Å²) in [6.45, 7) is 6.19. The fraction of sp³-hybridized carbons (Fsp3) is 0.241. The molecule has 0 radical (unpaired) electrons. The predicted octanol–water partition coefficient (Wildman–Crippen LogP) is 6.01. The van der Waals surface area contributed by atoms with Crippen LogP contribution in [0.1, 0.15) is 40.3 Å². The van der Waals surface area contributed by atoms with Crippen LogP contribution in [0.25, 0.3) is 5.69 Å². The van der Waals surface area contributed by atoms with Gasteiger partial charge in [0.05, 0.1) is 36.8 Å². The van der Waals surface area contributed by atoms with Gasteiger partial charge in [-0.05, 0) is 86.6 Å². The third kappa shape index (κ3) is 5.14. The molecule has 1 fully saturated rings. The molecule has 1 saturated heterocycles. The Morgan fingerprint density at radius 3 is 2.52 bits per heavy atom. The number of methoxy groups -OCH3 is 1. The van der Waals surface area contributed by atoms with Crippen molar-refractivity contribution in [1.82, 2.24) is 14.9 Å². The number of rotatable bonds is 7. The summed E-state index contributed by atoms with van der Waals surface area (Å²) < 4.78 is 34.1. The van der Waals surface area contributed by atoms with E-state index in [1.807, 2.05) is 48.2 Å². The summed E-state index contributed by atoms with van der Waals surface area (Å²) in [7, 11) is -1.99. The normalized spacial score (nSPS) is 17.1. The molecule has 2 atom stereocenters. The van der Waals surface area contributed by atoms with Crippen molar-refractivity contribution in [2.24, 2.45) is 0 Å². The van der Waals surface area contributed by atoms with E-state index < -0.39 is 10.0 Å². The van der Waals surface area contributed by atoms with Crippen molar-refractivity contribution in [3.63, 3.8) is 0 Å². The van der Waals surface area contributed by atoms with E-state index in [1.54, 1.807) is 18.3 Å². The fourth-order valence-corrected chi connectivity index (χ4v) is 6.44. The minimum absolute atomic E-state index is 0.247. The van der Waals surface area contributed by atoms with Gasteiger partial charge in [-0.1, -0.05) is 23.7 Å². The summed E-state index contributed by atoms with van der Waals surface area (Å²) in [5, 5.41) is 4.72. The summed E-state index contributed by atoms with van der Waals surface area (Å²) >= 11 is 12.4. The molecule has 2 aromatic carbocycles. The number of nitrogens with one attached hydrogen (secondary N) is 2. The maximum Gasteiger partial charge on any atom is 0.229 e. The molecule has 0 spiro atoms. The highest BCUT2D eigenvalue weighted by molar-refractivity contribution is 7.92. The predicted molar refractivity (Wildman–Crippen MR) is 164 cm³/mol. The van der Waals surface area contributed by atoms with Crippen molar-refractivity contribution in [3.05, 3.63) is 100 Å². The van der Waals surface area contributed by atoms with Crippen molar-refractivity contribution >= 4 is 50.3 Å². The first-order valence-electron chi connectivity index (χ1n) is 12.6. The molecule has 3 heterocycles.